The quantitative estimate of drug-likeness (QED) is 0.720. The van der Waals surface area contributed by atoms with E-state index in [0.29, 0.717) is 38.1 Å². The first-order chi connectivity index (χ1) is 11.1. The van der Waals surface area contributed by atoms with Crippen LogP contribution in [0.2, 0.25) is 0 Å². The van der Waals surface area contributed by atoms with Crippen LogP contribution < -0.4 is 11.1 Å². The summed E-state index contributed by atoms with van der Waals surface area (Å²) in [5.74, 6) is -0.382. The van der Waals surface area contributed by atoms with Gasteiger partial charge in [0.25, 0.3) is 0 Å². The van der Waals surface area contributed by atoms with Crippen molar-refractivity contribution in [1.29, 1.82) is 0 Å². The van der Waals surface area contributed by atoms with Gasteiger partial charge < -0.3 is 14.5 Å². The van der Waals surface area contributed by atoms with Crippen molar-refractivity contribution >= 4 is 17.0 Å². The highest BCUT2D eigenvalue weighted by Crippen LogP contribution is 2.12. The van der Waals surface area contributed by atoms with Crippen molar-refractivity contribution in [2.45, 2.75) is 45.8 Å². The van der Waals surface area contributed by atoms with Gasteiger partial charge in [-0.25, -0.2) is 4.79 Å². The summed E-state index contributed by atoms with van der Waals surface area (Å²) in [6.07, 6.45) is 2.00. The number of carbonyl (C=O) groups excluding carboxylic acids is 1. The number of hydrogen-bond acceptors (Lipinski definition) is 4. The summed E-state index contributed by atoms with van der Waals surface area (Å²) in [5, 5.41) is 2.86. The number of fused-ring (bicyclic) bond motifs is 1. The maximum atomic E-state index is 11.8. The molecule has 0 atom stereocenters. The summed E-state index contributed by atoms with van der Waals surface area (Å²) in [6.45, 7) is 5.70. The molecule has 23 heavy (non-hydrogen) atoms. The van der Waals surface area contributed by atoms with Crippen molar-refractivity contribution in [3.63, 3.8) is 0 Å². The molecule has 0 aliphatic rings. The molecule has 2 aromatic rings. The van der Waals surface area contributed by atoms with Gasteiger partial charge in [0.05, 0.1) is 11.6 Å². The van der Waals surface area contributed by atoms with Crippen LogP contribution >= 0.6 is 0 Å². The smallest absolute Gasteiger partial charge is 0.408 e. The average Bonchev–Trinajstić information content (AvgIpc) is 2.83. The van der Waals surface area contributed by atoms with E-state index in [0.717, 1.165) is 11.9 Å². The van der Waals surface area contributed by atoms with E-state index in [1.165, 1.54) is 0 Å². The summed E-state index contributed by atoms with van der Waals surface area (Å²) in [7, 11) is 0. The molecule has 126 valence electrons. The van der Waals surface area contributed by atoms with Crippen LogP contribution in [0, 0.1) is 0 Å². The van der Waals surface area contributed by atoms with E-state index in [2.05, 4.69) is 5.32 Å². The third-order valence-electron chi connectivity index (χ3n) is 3.45. The SMILES string of the molecule is CC(C)OCCCNC(=O)CCCn1c(=O)oc2ccccc21. The molecule has 0 bridgehead atoms. The van der Waals surface area contributed by atoms with E-state index < -0.39 is 0 Å². The first-order valence-corrected chi connectivity index (χ1v) is 8.04. The number of carbonyl (C=O) groups is 1. The van der Waals surface area contributed by atoms with Crippen LogP contribution in [0.15, 0.2) is 33.5 Å². The second-order valence-electron chi connectivity index (χ2n) is 5.71. The molecule has 0 radical (unpaired) electrons. The van der Waals surface area contributed by atoms with Gasteiger partial charge in [-0.3, -0.25) is 9.36 Å². The van der Waals surface area contributed by atoms with Gasteiger partial charge in [-0.15, -0.1) is 0 Å². The molecule has 6 heteroatoms. The highest BCUT2D eigenvalue weighted by atomic mass is 16.5. The van der Waals surface area contributed by atoms with Gasteiger partial charge in [-0.05, 0) is 38.8 Å². The Morgan fingerprint density at radius 2 is 2.09 bits per heavy atom. The molecule has 0 spiro atoms. The molecule has 0 aliphatic heterocycles. The highest BCUT2D eigenvalue weighted by Gasteiger charge is 2.09. The van der Waals surface area contributed by atoms with Gasteiger partial charge in [0.15, 0.2) is 5.58 Å². The lowest BCUT2D eigenvalue weighted by Gasteiger charge is -2.08. The predicted octanol–water partition coefficient (Wildman–Crippen LogP) is 2.31. The second kappa shape index (κ2) is 8.53. The van der Waals surface area contributed by atoms with Gasteiger partial charge in [0.1, 0.15) is 0 Å². The topological polar surface area (TPSA) is 73.5 Å². The highest BCUT2D eigenvalue weighted by molar-refractivity contribution is 5.76. The number of benzene rings is 1. The summed E-state index contributed by atoms with van der Waals surface area (Å²) in [4.78, 5) is 23.5. The van der Waals surface area contributed by atoms with Crippen LogP contribution in [0.3, 0.4) is 0 Å². The largest absolute Gasteiger partial charge is 0.419 e. The molecule has 6 nitrogen and oxygen atoms in total. The Labute approximate surface area is 135 Å². The van der Waals surface area contributed by atoms with Crippen molar-refractivity contribution in [3.8, 4) is 0 Å². The van der Waals surface area contributed by atoms with Crippen LogP contribution in [-0.2, 0) is 16.1 Å². The third kappa shape index (κ3) is 5.25. The van der Waals surface area contributed by atoms with Crippen molar-refractivity contribution in [1.82, 2.24) is 9.88 Å². The minimum Gasteiger partial charge on any atom is -0.408 e. The number of amides is 1. The van der Waals surface area contributed by atoms with Crippen molar-refractivity contribution < 1.29 is 13.9 Å². The van der Waals surface area contributed by atoms with Crippen LogP contribution in [0.25, 0.3) is 11.1 Å². The van der Waals surface area contributed by atoms with Crippen molar-refractivity contribution in [2.24, 2.45) is 0 Å². The Hall–Kier alpha value is -2.08. The van der Waals surface area contributed by atoms with E-state index in [1.807, 2.05) is 32.0 Å². The van der Waals surface area contributed by atoms with Crippen molar-refractivity contribution in [2.75, 3.05) is 13.2 Å². The fourth-order valence-electron chi connectivity index (χ4n) is 2.33. The number of nitrogens with zero attached hydrogens (tertiary/aromatic N) is 1. The molecule has 1 amide bonds. The van der Waals surface area contributed by atoms with Crippen LogP contribution in [-0.4, -0.2) is 29.7 Å². The lowest BCUT2D eigenvalue weighted by atomic mass is 10.2. The fourth-order valence-corrected chi connectivity index (χ4v) is 2.33. The molecule has 1 aromatic heterocycles. The Morgan fingerprint density at radius 1 is 1.30 bits per heavy atom. The van der Waals surface area contributed by atoms with Gasteiger partial charge in [0, 0.05) is 26.1 Å². The van der Waals surface area contributed by atoms with Crippen LogP contribution in [0.5, 0.6) is 0 Å². The normalized spacial score (nSPS) is 11.3. The standard InChI is InChI=1S/C17H24N2O4/c1-13(2)22-12-6-10-18-16(20)9-5-11-19-14-7-3-4-8-15(14)23-17(19)21/h3-4,7-8,13H,5-6,9-12H2,1-2H3,(H,18,20). The van der Waals surface area contributed by atoms with E-state index in [1.54, 1.807) is 10.6 Å². The molecule has 0 aliphatic carbocycles. The number of ether oxygens (including phenoxy) is 1. The monoisotopic (exact) mass is 320 g/mol. The molecule has 0 saturated heterocycles. The molecular formula is C17H24N2O4. The van der Waals surface area contributed by atoms with E-state index in [4.69, 9.17) is 9.15 Å². The summed E-state index contributed by atoms with van der Waals surface area (Å²) >= 11 is 0. The molecular weight excluding hydrogens is 296 g/mol. The number of hydrogen-bond donors (Lipinski definition) is 1. The van der Waals surface area contributed by atoms with E-state index in [-0.39, 0.29) is 17.8 Å². The zero-order valence-corrected chi connectivity index (χ0v) is 13.7. The zero-order valence-electron chi connectivity index (χ0n) is 13.7. The first kappa shape index (κ1) is 17.3. The molecule has 1 heterocycles. The fraction of sp³-hybridized carbons (Fsp3) is 0.529. The number of nitrogens with one attached hydrogen (secondary N) is 1. The Kier molecular flexibility index (Phi) is 6.40. The zero-order chi connectivity index (χ0) is 16.7. The van der Waals surface area contributed by atoms with E-state index >= 15 is 0 Å². The van der Waals surface area contributed by atoms with E-state index in [9.17, 15) is 9.59 Å². The van der Waals surface area contributed by atoms with Crippen molar-refractivity contribution in [3.05, 3.63) is 34.8 Å². The lowest BCUT2D eigenvalue weighted by molar-refractivity contribution is -0.121. The maximum absolute atomic E-state index is 11.8. The molecule has 1 N–H and O–H groups in total. The number of aryl methyl sites for hydroxylation is 1. The minimum atomic E-state index is -0.377. The third-order valence-corrected chi connectivity index (χ3v) is 3.45. The Bertz CT molecular complexity index is 687. The minimum absolute atomic E-state index is 0.00426. The van der Waals surface area contributed by atoms with Crippen LogP contribution in [0.4, 0.5) is 0 Å². The average molecular weight is 320 g/mol. The number of rotatable bonds is 9. The summed E-state index contributed by atoms with van der Waals surface area (Å²) in [5.41, 5.74) is 1.34. The molecule has 0 fully saturated rings. The number of para-hydroxylation sites is 2. The molecule has 0 unspecified atom stereocenters. The molecule has 1 aromatic carbocycles. The molecule has 0 saturated carbocycles. The summed E-state index contributed by atoms with van der Waals surface area (Å²) in [6, 6.07) is 7.29. The van der Waals surface area contributed by atoms with Gasteiger partial charge >= 0.3 is 5.76 Å². The first-order valence-electron chi connectivity index (χ1n) is 8.04. The lowest BCUT2D eigenvalue weighted by Crippen LogP contribution is -2.26. The Balaban J connectivity index is 1.71. The van der Waals surface area contributed by atoms with Gasteiger partial charge in [-0.1, -0.05) is 12.1 Å². The van der Waals surface area contributed by atoms with Crippen LogP contribution in [0.1, 0.15) is 33.1 Å². The predicted molar refractivity (Wildman–Crippen MR) is 88.4 cm³/mol. The number of oxazole rings is 1. The summed E-state index contributed by atoms with van der Waals surface area (Å²) < 4.78 is 12.1. The van der Waals surface area contributed by atoms with Gasteiger partial charge in [0.2, 0.25) is 5.91 Å². The van der Waals surface area contributed by atoms with Gasteiger partial charge in [-0.2, -0.15) is 0 Å². The Morgan fingerprint density at radius 3 is 2.87 bits per heavy atom. The maximum Gasteiger partial charge on any atom is 0.419 e. The second-order valence-corrected chi connectivity index (χ2v) is 5.71. The molecule has 2 rings (SSSR count). The number of aromatic nitrogens is 1.